The van der Waals surface area contributed by atoms with E-state index in [1.54, 1.807) is 0 Å². The van der Waals surface area contributed by atoms with Crippen LogP contribution in [0, 0.1) is 5.82 Å². The first-order valence-electron chi connectivity index (χ1n) is 6.13. The number of benzene rings is 1. The van der Waals surface area contributed by atoms with Gasteiger partial charge in [-0.1, -0.05) is 39.5 Å². The second-order valence-corrected chi connectivity index (χ2v) is 4.45. The Morgan fingerprint density at radius 2 is 2.00 bits per heavy atom. The number of phenolic OH excluding ortho intramolecular Hbond substituents is 1. The molecule has 0 aliphatic heterocycles. The average molecular weight is 224 g/mol. The molecule has 0 saturated heterocycles. The summed E-state index contributed by atoms with van der Waals surface area (Å²) in [7, 11) is 0. The van der Waals surface area contributed by atoms with E-state index in [4.69, 9.17) is 0 Å². The Balaban J connectivity index is 2.51. The highest BCUT2D eigenvalue weighted by Crippen LogP contribution is 2.29. The van der Waals surface area contributed by atoms with E-state index in [1.165, 1.54) is 37.5 Å². The van der Waals surface area contributed by atoms with Gasteiger partial charge in [-0.05, 0) is 36.1 Å². The minimum absolute atomic E-state index is 0.212. The van der Waals surface area contributed by atoms with Crippen LogP contribution >= 0.6 is 0 Å². The van der Waals surface area contributed by atoms with E-state index in [-0.39, 0.29) is 17.5 Å². The molecule has 1 N–H and O–H groups in total. The highest BCUT2D eigenvalue weighted by atomic mass is 19.1. The Hall–Kier alpha value is -1.05. The van der Waals surface area contributed by atoms with Gasteiger partial charge in [-0.2, -0.15) is 0 Å². The molecular formula is C14H21FO. The molecule has 0 spiro atoms. The molecule has 1 aromatic carbocycles. The molecule has 1 unspecified atom stereocenters. The molecule has 0 saturated carbocycles. The van der Waals surface area contributed by atoms with Crippen LogP contribution in [0.5, 0.6) is 5.75 Å². The van der Waals surface area contributed by atoms with Crippen LogP contribution in [0.4, 0.5) is 4.39 Å². The second kappa shape index (κ2) is 6.51. The average Bonchev–Trinajstić information content (AvgIpc) is 2.27. The monoisotopic (exact) mass is 224 g/mol. The quantitative estimate of drug-likeness (QED) is 0.700. The maximum atomic E-state index is 13.0. The van der Waals surface area contributed by atoms with Crippen molar-refractivity contribution in [3.63, 3.8) is 0 Å². The van der Waals surface area contributed by atoms with Gasteiger partial charge in [0.15, 0.2) is 0 Å². The standard InChI is InChI=1S/C14H21FO/c1-3-4-5-6-7-11(2)13-10-12(15)8-9-14(13)16/h8-11,16H,3-7H2,1-2H3. The molecule has 0 heterocycles. The van der Waals surface area contributed by atoms with Crippen LogP contribution in [-0.2, 0) is 0 Å². The fourth-order valence-electron chi connectivity index (χ4n) is 1.95. The lowest BCUT2D eigenvalue weighted by Crippen LogP contribution is -1.95. The number of unbranched alkanes of at least 4 members (excludes halogenated alkanes) is 3. The number of halogens is 1. The summed E-state index contributed by atoms with van der Waals surface area (Å²) >= 11 is 0. The Morgan fingerprint density at radius 3 is 2.69 bits per heavy atom. The lowest BCUT2D eigenvalue weighted by molar-refractivity contribution is 0.454. The number of aromatic hydroxyl groups is 1. The summed E-state index contributed by atoms with van der Waals surface area (Å²) in [6, 6.07) is 4.18. The van der Waals surface area contributed by atoms with Crippen LogP contribution in [0.1, 0.15) is 57.4 Å². The molecule has 2 heteroatoms. The first-order valence-corrected chi connectivity index (χ1v) is 6.13. The molecule has 16 heavy (non-hydrogen) atoms. The molecule has 0 aromatic heterocycles. The third-order valence-corrected chi connectivity index (χ3v) is 3.01. The number of phenols is 1. The highest BCUT2D eigenvalue weighted by Gasteiger charge is 2.10. The van der Waals surface area contributed by atoms with Crippen molar-refractivity contribution in [3.05, 3.63) is 29.6 Å². The lowest BCUT2D eigenvalue weighted by atomic mass is 9.94. The number of rotatable bonds is 6. The fourth-order valence-corrected chi connectivity index (χ4v) is 1.95. The third kappa shape index (κ3) is 3.84. The maximum absolute atomic E-state index is 13.0. The van der Waals surface area contributed by atoms with E-state index in [0.29, 0.717) is 0 Å². The number of hydrogen-bond donors (Lipinski definition) is 1. The first-order chi connectivity index (χ1) is 7.65. The zero-order valence-electron chi connectivity index (χ0n) is 10.2. The van der Waals surface area contributed by atoms with Crippen LogP contribution in [0.2, 0.25) is 0 Å². The predicted molar refractivity (Wildman–Crippen MR) is 65.2 cm³/mol. The first kappa shape index (κ1) is 13.0. The molecule has 0 radical (unpaired) electrons. The molecular weight excluding hydrogens is 203 g/mol. The maximum Gasteiger partial charge on any atom is 0.123 e. The van der Waals surface area contributed by atoms with Crippen LogP contribution in [0.25, 0.3) is 0 Å². The van der Waals surface area contributed by atoms with Crippen molar-refractivity contribution in [2.75, 3.05) is 0 Å². The predicted octanol–water partition coefficient (Wildman–Crippen LogP) is 4.61. The molecule has 0 amide bonds. The minimum atomic E-state index is -0.270. The van der Waals surface area contributed by atoms with E-state index in [0.717, 1.165) is 18.4 Å². The van der Waals surface area contributed by atoms with Gasteiger partial charge in [-0.15, -0.1) is 0 Å². The summed E-state index contributed by atoms with van der Waals surface area (Å²) < 4.78 is 13.0. The van der Waals surface area contributed by atoms with Crippen molar-refractivity contribution in [2.24, 2.45) is 0 Å². The SMILES string of the molecule is CCCCCCC(C)c1cc(F)ccc1O. The molecule has 90 valence electrons. The van der Waals surface area contributed by atoms with Gasteiger partial charge < -0.3 is 5.11 Å². The van der Waals surface area contributed by atoms with Gasteiger partial charge in [0.25, 0.3) is 0 Å². The van der Waals surface area contributed by atoms with Gasteiger partial charge in [0.05, 0.1) is 0 Å². The zero-order valence-corrected chi connectivity index (χ0v) is 10.2. The molecule has 1 aromatic rings. The minimum Gasteiger partial charge on any atom is -0.508 e. The van der Waals surface area contributed by atoms with Gasteiger partial charge in [-0.25, -0.2) is 4.39 Å². The Morgan fingerprint density at radius 1 is 1.25 bits per heavy atom. The van der Waals surface area contributed by atoms with Crippen LogP contribution < -0.4 is 0 Å². The van der Waals surface area contributed by atoms with Crippen LogP contribution in [0.3, 0.4) is 0 Å². The third-order valence-electron chi connectivity index (χ3n) is 3.01. The molecule has 0 bridgehead atoms. The fraction of sp³-hybridized carbons (Fsp3) is 0.571. The molecule has 0 aliphatic carbocycles. The smallest absolute Gasteiger partial charge is 0.123 e. The molecule has 1 atom stereocenters. The number of hydrogen-bond acceptors (Lipinski definition) is 1. The summed E-state index contributed by atoms with van der Waals surface area (Å²) in [6.45, 7) is 4.22. The topological polar surface area (TPSA) is 20.2 Å². The molecule has 1 nitrogen and oxygen atoms in total. The summed E-state index contributed by atoms with van der Waals surface area (Å²) in [5.74, 6) is 0.171. The Labute approximate surface area is 97.3 Å². The zero-order chi connectivity index (χ0) is 12.0. The van der Waals surface area contributed by atoms with Crippen molar-refractivity contribution in [3.8, 4) is 5.75 Å². The summed E-state index contributed by atoms with van der Waals surface area (Å²) in [5, 5.41) is 9.64. The van der Waals surface area contributed by atoms with Crippen molar-refractivity contribution in [2.45, 2.75) is 51.9 Å². The summed E-state index contributed by atoms with van der Waals surface area (Å²) in [5.41, 5.74) is 0.733. The largest absolute Gasteiger partial charge is 0.508 e. The van der Waals surface area contributed by atoms with Crippen molar-refractivity contribution >= 4 is 0 Å². The summed E-state index contributed by atoms with van der Waals surface area (Å²) in [6.07, 6.45) is 5.85. The summed E-state index contributed by atoms with van der Waals surface area (Å²) in [4.78, 5) is 0. The van der Waals surface area contributed by atoms with Gasteiger partial charge in [0.1, 0.15) is 11.6 Å². The Kier molecular flexibility index (Phi) is 5.30. The van der Waals surface area contributed by atoms with Gasteiger partial charge >= 0.3 is 0 Å². The molecule has 0 aliphatic rings. The van der Waals surface area contributed by atoms with E-state index >= 15 is 0 Å². The Bertz CT molecular complexity index is 323. The van der Waals surface area contributed by atoms with Crippen molar-refractivity contribution in [1.29, 1.82) is 0 Å². The van der Waals surface area contributed by atoms with E-state index in [2.05, 4.69) is 6.92 Å². The second-order valence-electron chi connectivity index (χ2n) is 4.45. The van der Waals surface area contributed by atoms with Gasteiger partial charge in [0, 0.05) is 0 Å². The van der Waals surface area contributed by atoms with Gasteiger partial charge in [-0.3, -0.25) is 0 Å². The van der Waals surface area contributed by atoms with Crippen LogP contribution in [0.15, 0.2) is 18.2 Å². The van der Waals surface area contributed by atoms with E-state index in [1.807, 2.05) is 6.92 Å². The lowest BCUT2D eigenvalue weighted by Gasteiger charge is -2.13. The molecule has 1 rings (SSSR count). The van der Waals surface area contributed by atoms with Gasteiger partial charge in [0.2, 0.25) is 0 Å². The van der Waals surface area contributed by atoms with Crippen molar-refractivity contribution in [1.82, 2.24) is 0 Å². The highest BCUT2D eigenvalue weighted by molar-refractivity contribution is 5.35. The molecule has 0 fully saturated rings. The van der Waals surface area contributed by atoms with Crippen LogP contribution in [-0.4, -0.2) is 5.11 Å². The van der Waals surface area contributed by atoms with Crippen molar-refractivity contribution < 1.29 is 9.50 Å². The van der Waals surface area contributed by atoms with E-state index in [9.17, 15) is 9.50 Å². The van der Waals surface area contributed by atoms with E-state index < -0.39 is 0 Å². The normalized spacial score (nSPS) is 12.7.